The van der Waals surface area contributed by atoms with Crippen LogP contribution in [0.5, 0.6) is 0 Å². The zero-order chi connectivity index (χ0) is 15.3. The van der Waals surface area contributed by atoms with Gasteiger partial charge in [0.25, 0.3) is 0 Å². The molecular formula is C13H19ClN2O2S2. The first kappa shape index (κ1) is 17.4. The number of nitrogens with zero attached hydrogens (tertiary/aromatic N) is 1. The van der Waals surface area contributed by atoms with E-state index in [1.54, 1.807) is 6.07 Å². The summed E-state index contributed by atoms with van der Waals surface area (Å²) in [5.74, 6) is 0. The van der Waals surface area contributed by atoms with E-state index in [1.807, 2.05) is 13.8 Å². The minimum Gasteiger partial charge on any atom is -0.389 e. The summed E-state index contributed by atoms with van der Waals surface area (Å²) in [6, 6.07) is 4.44. The van der Waals surface area contributed by atoms with E-state index in [0.29, 0.717) is 18.7 Å². The second-order valence-corrected chi connectivity index (χ2v) is 7.14. The first-order valence-corrected chi connectivity index (χ1v) is 8.66. The average Bonchev–Trinajstić information content (AvgIpc) is 2.38. The smallest absolute Gasteiger partial charge is 0.243 e. The van der Waals surface area contributed by atoms with Gasteiger partial charge in [0, 0.05) is 18.7 Å². The maximum Gasteiger partial charge on any atom is 0.243 e. The molecule has 0 radical (unpaired) electrons. The van der Waals surface area contributed by atoms with Crippen molar-refractivity contribution in [2.45, 2.75) is 31.6 Å². The molecule has 1 rings (SSSR count). The molecule has 0 saturated carbocycles. The van der Waals surface area contributed by atoms with Gasteiger partial charge in [-0.1, -0.05) is 44.1 Å². The summed E-state index contributed by atoms with van der Waals surface area (Å²) in [5.41, 5.74) is 6.00. The van der Waals surface area contributed by atoms with Gasteiger partial charge >= 0.3 is 0 Å². The maximum absolute atomic E-state index is 12.5. The summed E-state index contributed by atoms with van der Waals surface area (Å²) in [7, 11) is -3.52. The quantitative estimate of drug-likeness (QED) is 0.779. The van der Waals surface area contributed by atoms with Crippen molar-refractivity contribution in [2.75, 3.05) is 13.1 Å². The third-order valence-corrected chi connectivity index (χ3v) is 5.46. The summed E-state index contributed by atoms with van der Waals surface area (Å²) in [4.78, 5) is 0.317. The van der Waals surface area contributed by atoms with Crippen molar-refractivity contribution < 1.29 is 8.42 Å². The van der Waals surface area contributed by atoms with Gasteiger partial charge in [-0.25, -0.2) is 8.42 Å². The highest BCUT2D eigenvalue weighted by molar-refractivity contribution is 7.89. The van der Waals surface area contributed by atoms with E-state index in [2.05, 4.69) is 0 Å². The SMILES string of the molecule is CCCCN(CC)S(=O)(=O)c1ccc(C(N)=S)c(Cl)c1. The molecule has 1 aromatic rings. The normalized spacial score (nSPS) is 11.8. The van der Waals surface area contributed by atoms with Crippen LogP contribution in [0.3, 0.4) is 0 Å². The molecular weight excluding hydrogens is 316 g/mol. The molecule has 1 aromatic carbocycles. The van der Waals surface area contributed by atoms with Gasteiger partial charge < -0.3 is 5.73 Å². The highest BCUT2D eigenvalue weighted by Crippen LogP contribution is 2.23. The molecule has 20 heavy (non-hydrogen) atoms. The number of unbranched alkanes of at least 4 members (excludes halogenated alkanes) is 1. The third kappa shape index (κ3) is 3.91. The van der Waals surface area contributed by atoms with Gasteiger partial charge in [0.15, 0.2) is 0 Å². The predicted molar refractivity (Wildman–Crippen MR) is 86.7 cm³/mol. The molecule has 0 aromatic heterocycles. The Kier molecular flexibility index (Phi) is 6.39. The van der Waals surface area contributed by atoms with Crippen LogP contribution in [-0.4, -0.2) is 30.8 Å². The molecule has 0 bridgehead atoms. The summed E-state index contributed by atoms with van der Waals surface area (Å²) < 4.78 is 26.5. The second-order valence-electron chi connectivity index (χ2n) is 4.36. The number of halogens is 1. The van der Waals surface area contributed by atoms with Gasteiger partial charge in [-0.2, -0.15) is 4.31 Å². The fourth-order valence-electron chi connectivity index (χ4n) is 1.79. The fraction of sp³-hybridized carbons (Fsp3) is 0.462. The predicted octanol–water partition coefficient (Wildman–Crippen LogP) is 2.78. The molecule has 0 heterocycles. The number of nitrogens with two attached hydrogens (primary N) is 1. The van der Waals surface area contributed by atoms with Crippen LogP contribution in [0.25, 0.3) is 0 Å². The number of sulfonamides is 1. The molecule has 7 heteroatoms. The van der Waals surface area contributed by atoms with Crippen molar-refractivity contribution in [1.82, 2.24) is 4.31 Å². The first-order valence-electron chi connectivity index (χ1n) is 6.44. The van der Waals surface area contributed by atoms with Gasteiger partial charge in [-0.15, -0.1) is 0 Å². The second kappa shape index (κ2) is 7.36. The van der Waals surface area contributed by atoms with Crippen molar-refractivity contribution in [2.24, 2.45) is 5.73 Å². The van der Waals surface area contributed by atoms with Crippen LogP contribution in [0.15, 0.2) is 23.1 Å². The molecule has 0 aliphatic heterocycles. The minimum absolute atomic E-state index is 0.150. The summed E-state index contributed by atoms with van der Waals surface area (Å²) in [6.07, 6.45) is 1.76. The molecule has 0 atom stereocenters. The van der Waals surface area contributed by atoms with Gasteiger partial charge in [0.1, 0.15) is 4.99 Å². The zero-order valence-corrected chi connectivity index (χ0v) is 14.0. The lowest BCUT2D eigenvalue weighted by Gasteiger charge is -2.20. The monoisotopic (exact) mass is 334 g/mol. The highest BCUT2D eigenvalue weighted by Gasteiger charge is 2.23. The molecule has 0 spiro atoms. The van der Waals surface area contributed by atoms with E-state index in [-0.39, 0.29) is 14.9 Å². The van der Waals surface area contributed by atoms with E-state index in [4.69, 9.17) is 29.6 Å². The van der Waals surface area contributed by atoms with E-state index in [9.17, 15) is 8.42 Å². The van der Waals surface area contributed by atoms with Crippen LogP contribution in [0.2, 0.25) is 5.02 Å². The van der Waals surface area contributed by atoms with Crippen LogP contribution in [0, 0.1) is 0 Å². The molecule has 0 amide bonds. The Labute approximate surface area is 131 Å². The molecule has 112 valence electrons. The Morgan fingerprint density at radius 3 is 2.50 bits per heavy atom. The lowest BCUT2D eigenvalue weighted by Crippen LogP contribution is -2.31. The van der Waals surface area contributed by atoms with E-state index in [0.717, 1.165) is 12.8 Å². The van der Waals surface area contributed by atoms with Gasteiger partial charge in [0.05, 0.1) is 9.92 Å². The Hall–Kier alpha value is -0.690. The minimum atomic E-state index is -3.52. The molecule has 4 nitrogen and oxygen atoms in total. The molecule has 0 fully saturated rings. The van der Waals surface area contributed by atoms with Crippen LogP contribution in [-0.2, 0) is 10.0 Å². The summed E-state index contributed by atoms with van der Waals surface area (Å²) in [5, 5.41) is 0.255. The van der Waals surface area contributed by atoms with Gasteiger partial charge in [-0.05, 0) is 24.6 Å². The number of hydrogen-bond donors (Lipinski definition) is 1. The molecule has 2 N–H and O–H groups in total. The lowest BCUT2D eigenvalue weighted by molar-refractivity contribution is 0.419. The van der Waals surface area contributed by atoms with Crippen molar-refractivity contribution in [1.29, 1.82) is 0 Å². The molecule has 0 unspecified atom stereocenters. The number of hydrogen-bond acceptors (Lipinski definition) is 3. The van der Waals surface area contributed by atoms with Gasteiger partial charge in [0.2, 0.25) is 10.0 Å². The Morgan fingerprint density at radius 1 is 1.40 bits per heavy atom. The number of rotatable bonds is 7. The fourth-order valence-corrected chi connectivity index (χ4v) is 3.88. The standard InChI is InChI=1S/C13H19ClN2O2S2/c1-3-5-8-16(4-2)20(17,18)10-6-7-11(13(15)19)12(14)9-10/h6-7,9H,3-5,8H2,1-2H3,(H2,15,19). The van der Waals surface area contributed by atoms with Crippen molar-refractivity contribution in [3.05, 3.63) is 28.8 Å². The highest BCUT2D eigenvalue weighted by atomic mass is 35.5. The number of benzene rings is 1. The average molecular weight is 335 g/mol. The molecule has 0 aliphatic rings. The third-order valence-electron chi connectivity index (χ3n) is 2.96. The summed E-state index contributed by atoms with van der Waals surface area (Å²) >= 11 is 10.9. The van der Waals surface area contributed by atoms with Crippen molar-refractivity contribution >= 4 is 38.8 Å². The van der Waals surface area contributed by atoms with E-state index in [1.165, 1.54) is 16.4 Å². The lowest BCUT2D eigenvalue weighted by atomic mass is 10.2. The van der Waals surface area contributed by atoms with E-state index < -0.39 is 10.0 Å². The van der Waals surface area contributed by atoms with Crippen LogP contribution < -0.4 is 5.73 Å². The Balaban J connectivity index is 3.15. The summed E-state index contributed by atoms with van der Waals surface area (Å²) in [6.45, 7) is 4.77. The van der Waals surface area contributed by atoms with Crippen molar-refractivity contribution in [3.63, 3.8) is 0 Å². The molecule has 0 aliphatic carbocycles. The van der Waals surface area contributed by atoms with Gasteiger partial charge in [-0.3, -0.25) is 0 Å². The van der Waals surface area contributed by atoms with Crippen LogP contribution in [0.4, 0.5) is 0 Å². The van der Waals surface area contributed by atoms with Crippen LogP contribution in [0.1, 0.15) is 32.3 Å². The largest absolute Gasteiger partial charge is 0.389 e. The Bertz CT molecular complexity index is 588. The maximum atomic E-state index is 12.5. The Morgan fingerprint density at radius 2 is 2.05 bits per heavy atom. The first-order chi connectivity index (χ1) is 9.34. The topological polar surface area (TPSA) is 63.4 Å². The number of thiocarbonyl (C=S) groups is 1. The zero-order valence-electron chi connectivity index (χ0n) is 11.6. The van der Waals surface area contributed by atoms with Crippen LogP contribution >= 0.6 is 23.8 Å². The van der Waals surface area contributed by atoms with E-state index >= 15 is 0 Å². The molecule has 0 saturated heterocycles. The van der Waals surface area contributed by atoms with Crippen molar-refractivity contribution in [3.8, 4) is 0 Å².